The van der Waals surface area contributed by atoms with Gasteiger partial charge in [0.1, 0.15) is 6.04 Å². The van der Waals surface area contributed by atoms with Gasteiger partial charge in [-0.15, -0.1) is 11.3 Å². The summed E-state index contributed by atoms with van der Waals surface area (Å²) >= 11 is 0.619. The van der Waals surface area contributed by atoms with E-state index in [1.54, 1.807) is 12.4 Å². The van der Waals surface area contributed by atoms with E-state index in [0.29, 0.717) is 28.6 Å². The van der Waals surface area contributed by atoms with Crippen LogP contribution in [0.1, 0.15) is 40.7 Å². The molecule has 0 saturated carbocycles. The third kappa shape index (κ3) is 3.98. The highest BCUT2D eigenvalue weighted by Crippen LogP contribution is 2.35. The highest BCUT2D eigenvalue weighted by atomic mass is 32.1. The Morgan fingerprint density at radius 1 is 1.19 bits per heavy atom. The first-order chi connectivity index (χ1) is 9.91. The van der Waals surface area contributed by atoms with Crippen LogP contribution in [-0.4, -0.2) is 21.5 Å². The fraction of sp³-hybridized carbons (Fsp3) is 0.462. The molecule has 0 aliphatic rings. The number of aromatic nitrogens is 3. The molecular weight excluding hydrogens is 301 g/mol. The van der Waals surface area contributed by atoms with Crippen LogP contribution in [0, 0.1) is 6.92 Å². The lowest BCUT2D eigenvalue weighted by molar-refractivity contribution is -0.137. The molecule has 0 aliphatic carbocycles. The predicted molar refractivity (Wildman–Crippen MR) is 74.0 cm³/mol. The van der Waals surface area contributed by atoms with Gasteiger partial charge in [0.2, 0.25) is 0 Å². The van der Waals surface area contributed by atoms with E-state index < -0.39 is 17.2 Å². The summed E-state index contributed by atoms with van der Waals surface area (Å²) in [5, 5.41) is 2.31. The molecule has 0 spiro atoms. The molecule has 21 heavy (non-hydrogen) atoms. The largest absolute Gasteiger partial charge is 0.443 e. The molecule has 0 amide bonds. The standard InChI is InChI=1S/C13H15F3N4S/c1-3-4-17-10(11-18-5-8(2)6-19-11)9-7-20-12(21-9)13(14,15)16/h5-7,10,17H,3-4H2,1-2H3. The van der Waals surface area contributed by atoms with Crippen molar-refractivity contribution in [2.75, 3.05) is 6.54 Å². The molecule has 114 valence electrons. The van der Waals surface area contributed by atoms with Crippen molar-refractivity contribution >= 4 is 11.3 Å². The predicted octanol–water partition coefficient (Wildman–Crippen LogP) is 3.35. The first-order valence-electron chi connectivity index (χ1n) is 6.46. The summed E-state index contributed by atoms with van der Waals surface area (Å²) < 4.78 is 38.0. The van der Waals surface area contributed by atoms with Crippen LogP contribution in [0.15, 0.2) is 18.6 Å². The lowest BCUT2D eigenvalue weighted by Crippen LogP contribution is -2.24. The number of rotatable bonds is 5. The number of thiazole rings is 1. The van der Waals surface area contributed by atoms with E-state index in [4.69, 9.17) is 0 Å². The lowest BCUT2D eigenvalue weighted by Gasteiger charge is -2.15. The van der Waals surface area contributed by atoms with Gasteiger partial charge in [0.05, 0.1) is 0 Å². The Morgan fingerprint density at radius 2 is 1.86 bits per heavy atom. The Balaban J connectivity index is 2.31. The van der Waals surface area contributed by atoms with E-state index in [1.165, 1.54) is 6.20 Å². The van der Waals surface area contributed by atoms with Gasteiger partial charge < -0.3 is 5.32 Å². The Morgan fingerprint density at radius 3 is 2.38 bits per heavy atom. The molecule has 0 saturated heterocycles. The van der Waals surface area contributed by atoms with Crippen LogP contribution < -0.4 is 5.32 Å². The van der Waals surface area contributed by atoms with Crippen LogP contribution >= 0.6 is 11.3 Å². The molecule has 1 unspecified atom stereocenters. The highest BCUT2D eigenvalue weighted by molar-refractivity contribution is 7.11. The summed E-state index contributed by atoms with van der Waals surface area (Å²) in [5.41, 5.74) is 0.897. The maximum atomic E-state index is 12.7. The van der Waals surface area contributed by atoms with Crippen molar-refractivity contribution < 1.29 is 13.2 Å². The first-order valence-corrected chi connectivity index (χ1v) is 7.28. The van der Waals surface area contributed by atoms with Crippen molar-refractivity contribution in [3.8, 4) is 0 Å². The summed E-state index contributed by atoms with van der Waals surface area (Å²) in [7, 11) is 0. The fourth-order valence-corrected chi connectivity index (χ4v) is 2.57. The van der Waals surface area contributed by atoms with E-state index >= 15 is 0 Å². The Kier molecular flexibility index (Phi) is 4.89. The summed E-state index contributed by atoms with van der Waals surface area (Å²) in [6.45, 7) is 4.49. The summed E-state index contributed by atoms with van der Waals surface area (Å²) in [6.07, 6.45) is 0.965. The van der Waals surface area contributed by atoms with Gasteiger partial charge in [0, 0.05) is 23.5 Å². The third-order valence-corrected chi connectivity index (χ3v) is 3.82. The second-order valence-electron chi connectivity index (χ2n) is 4.57. The average Bonchev–Trinajstić information content (AvgIpc) is 2.91. The van der Waals surface area contributed by atoms with Crippen molar-refractivity contribution in [3.05, 3.63) is 39.9 Å². The van der Waals surface area contributed by atoms with Crippen LogP contribution in [-0.2, 0) is 6.18 Å². The third-order valence-electron chi connectivity index (χ3n) is 2.71. The summed E-state index contributed by atoms with van der Waals surface area (Å²) in [5.74, 6) is 0.450. The van der Waals surface area contributed by atoms with Crippen LogP contribution in [0.4, 0.5) is 13.2 Å². The zero-order chi connectivity index (χ0) is 15.5. The van der Waals surface area contributed by atoms with Crippen molar-refractivity contribution in [3.63, 3.8) is 0 Å². The number of hydrogen-bond donors (Lipinski definition) is 1. The van der Waals surface area contributed by atoms with E-state index in [9.17, 15) is 13.2 Å². The molecule has 2 rings (SSSR count). The molecular formula is C13H15F3N4S. The van der Waals surface area contributed by atoms with Crippen molar-refractivity contribution in [2.24, 2.45) is 0 Å². The average molecular weight is 316 g/mol. The van der Waals surface area contributed by atoms with E-state index in [1.807, 2.05) is 13.8 Å². The minimum Gasteiger partial charge on any atom is -0.303 e. The molecule has 2 aromatic heterocycles. The van der Waals surface area contributed by atoms with Crippen LogP contribution in [0.5, 0.6) is 0 Å². The van der Waals surface area contributed by atoms with Gasteiger partial charge in [-0.3, -0.25) is 0 Å². The Bertz CT molecular complexity index is 580. The lowest BCUT2D eigenvalue weighted by atomic mass is 10.2. The molecule has 0 aliphatic heterocycles. The van der Waals surface area contributed by atoms with E-state index in [-0.39, 0.29) is 0 Å². The molecule has 1 atom stereocenters. The molecule has 2 heterocycles. The van der Waals surface area contributed by atoms with Crippen LogP contribution in [0.3, 0.4) is 0 Å². The monoisotopic (exact) mass is 316 g/mol. The summed E-state index contributed by atoms with van der Waals surface area (Å²) in [4.78, 5) is 12.3. The van der Waals surface area contributed by atoms with Gasteiger partial charge in [-0.2, -0.15) is 13.2 Å². The quantitative estimate of drug-likeness (QED) is 0.919. The normalized spacial score (nSPS) is 13.4. The second kappa shape index (κ2) is 6.48. The Hall–Kier alpha value is -1.54. The number of nitrogens with one attached hydrogen (secondary N) is 1. The van der Waals surface area contributed by atoms with Gasteiger partial charge in [-0.05, 0) is 25.5 Å². The van der Waals surface area contributed by atoms with Gasteiger partial charge in [-0.1, -0.05) is 6.92 Å². The zero-order valence-electron chi connectivity index (χ0n) is 11.6. The zero-order valence-corrected chi connectivity index (χ0v) is 12.4. The Labute approximate surface area is 124 Å². The molecule has 2 aromatic rings. The first kappa shape index (κ1) is 15.8. The number of halogens is 3. The van der Waals surface area contributed by atoms with Crippen molar-refractivity contribution in [1.82, 2.24) is 20.3 Å². The van der Waals surface area contributed by atoms with Gasteiger partial charge in [-0.25, -0.2) is 15.0 Å². The van der Waals surface area contributed by atoms with Gasteiger partial charge >= 0.3 is 6.18 Å². The summed E-state index contributed by atoms with van der Waals surface area (Å²) in [6, 6.07) is -0.473. The molecule has 4 nitrogen and oxygen atoms in total. The molecule has 0 aromatic carbocycles. The highest BCUT2D eigenvalue weighted by Gasteiger charge is 2.35. The maximum Gasteiger partial charge on any atom is 0.443 e. The molecule has 0 fully saturated rings. The minimum atomic E-state index is -4.42. The number of aryl methyl sites for hydroxylation is 1. The number of hydrogen-bond acceptors (Lipinski definition) is 5. The topological polar surface area (TPSA) is 50.7 Å². The fourth-order valence-electron chi connectivity index (χ4n) is 1.71. The van der Waals surface area contributed by atoms with Crippen LogP contribution in [0.2, 0.25) is 0 Å². The molecule has 0 radical (unpaired) electrons. The van der Waals surface area contributed by atoms with Gasteiger partial charge in [0.25, 0.3) is 0 Å². The number of nitrogens with zero attached hydrogens (tertiary/aromatic N) is 3. The van der Waals surface area contributed by atoms with Crippen molar-refractivity contribution in [2.45, 2.75) is 32.5 Å². The molecule has 1 N–H and O–H groups in total. The number of alkyl halides is 3. The van der Waals surface area contributed by atoms with Gasteiger partial charge in [0.15, 0.2) is 10.8 Å². The molecule has 0 bridgehead atoms. The van der Waals surface area contributed by atoms with E-state index in [0.717, 1.165) is 12.0 Å². The minimum absolute atomic E-state index is 0.450. The second-order valence-corrected chi connectivity index (χ2v) is 5.63. The smallest absolute Gasteiger partial charge is 0.303 e. The van der Waals surface area contributed by atoms with Crippen LogP contribution in [0.25, 0.3) is 0 Å². The van der Waals surface area contributed by atoms with E-state index in [2.05, 4.69) is 20.3 Å². The van der Waals surface area contributed by atoms with Crippen molar-refractivity contribution in [1.29, 1.82) is 0 Å². The SMILES string of the molecule is CCCNC(c1ncc(C)cn1)c1cnc(C(F)(F)F)s1. The molecule has 8 heteroatoms. The maximum absolute atomic E-state index is 12.7.